The van der Waals surface area contributed by atoms with Crippen LogP contribution in [0.4, 0.5) is 10.1 Å². The van der Waals surface area contributed by atoms with Gasteiger partial charge in [0.15, 0.2) is 0 Å². The monoisotopic (exact) mass is 394 g/mol. The van der Waals surface area contributed by atoms with E-state index < -0.39 is 17.8 Å². The summed E-state index contributed by atoms with van der Waals surface area (Å²) in [5, 5.41) is 6.51. The highest BCUT2D eigenvalue weighted by atomic mass is 19.1. The summed E-state index contributed by atoms with van der Waals surface area (Å²) in [6, 6.07) is 15.3. The highest BCUT2D eigenvalue weighted by Gasteiger charge is 2.31. The number of benzene rings is 2. The molecule has 2 heterocycles. The van der Waals surface area contributed by atoms with Crippen molar-refractivity contribution in [3.8, 4) is 5.69 Å². The van der Waals surface area contributed by atoms with Crippen molar-refractivity contribution >= 4 is 17.3 Å². The van der Waals surface area contributed by atoms with Crippen LogP contribution < -0.4 is 10.9 Å². The van der Waals surface area contributed by atoms with Crippen LogP contribution in [0.15, 0.2) is 64.5 Å². The molecule has 0 spiro atoms. The molecule has 0 saturated carbocycles. The van der Waals surface area contributed by atoms with Crippen molar-refractivity contribution in [1.82, 2.24) is 9.36 Å². The Morgan fingerprint density at radius 3 is 2.59 bits per heavy atom. The van der Waals surface area contributed by atoms with Gasteiger partial charge in [-0.2, -0.15) is 0 Å². The minimum atomic E-state index is -0.936. The first kappa shape index (κ1) is 18.7. The molecule has 0 radical (unpaired) electrons. The molecular weight excluding hydrogens is 375 g/mol. The molecule has 29 heavy (non-hydrogen) atoms. The van der Waals surface area contributed by atoms with Crippen molar-refractivity contribution in [2.75, 3.05) is 5.32 Å². The van der Waals surface area contributed by atoms with Gasteiger partial charge in [0, 0.05) is 19.0 Å². The van der Waals surface area contributed by atoms with Gasteiger partial charge in [0.05, 0.1) is 17.1 Å². The topological polar surface area (TPSA) is 77.6 Å². The number of carbonyl (C=O) groups is 1. The summed E-state index contributed by atoms with van der Waals surface area (Å²) in [6.07, 6.45) is -0.820. The predicted octanol–water partition coefficient (Wildman–Crippen LogP) is 2.76. The maximum absolute atomic E-state index is 13.9. The number of nitrogens with zero attached hydrogens (tertiary/aromatic N) is 3. The van der Waals surface area contributed by atoms with E-state index in [9.17, 15) is 14.0 Å². The van der Waals surface area contributed by atoms with Crippen LogP contribution in [0.1, 0.15) is 17.7 Å². The van der Waals surface area contributed by atoms with Gasteiger partial charge in [0.1, 0.15) is 11.5 Å². The van der Waals surface area contributed by atoms with E-state index in [1.54, 1.807) is 49.0 Å². The molecular formula is C21H19FN4O3. The van der Waals surface area contributed by atoms with Crippen LogP contribution >= 0.6 is 0 Å². The fraction of sp³-hybridized carbons (Fsp3) is 0.190. The molecule has 1 N–H and O–H groups in total. The standard InChI is InChI=1S/C21H19FN4O3/c1-13-19(21(28)26(25(13)2)14-8-4-3-5-9-14)23-20(27)18-12-17(24-29-18)15-10-6-7-11-16(15)22/h3-11,18H,12H2,1-2H3,(H,23,27)/t18-/m0/s1. The Morgan fingerprint density at radius 2 is 1.86 bits per heavy atom. The second-order valence-electron chi connectivity index (χ2n) is 6.74. The van der Waals surface area contributed by atoms with E-state index in [0.29, 0.717) is 22.7 Å². The fourth-order valence-electron chi connectivity index (χ4n) is 3.29. The first-order chi connectivity index (χ1) is 14.0. The molecule has 3 aromatic rings. The van der Waals surface area contributed by atoms with Gasteiger partial charge in [0.25, 0.3) is 11.5 Å². The third-order valence-electron chi connectivity index (χ3n) is 4.95. The van der Waals surface area contributed by atoms with Gasteiger partial charge in [-0.25, -0.2) is 9.07 Å². The summed E-state index contributed by atoms with van der Waals surface area (Å²) in [7, 11) is 1.74. The molecule has 1 amide bonds. The lowest BCUT2D eigenvalue weighted by atomic mass is 10.0. The number of rotatable bonds is 4. The summed E-state index contributed by atoms with van der Waals surface area (Å²) >= 11 is 0. The molecule has 148 valence electrons. The zero-order chi connectivity index (χ0) is 20.5. The van der Waals surface area contributed by atoms with Crippen molar-refractivity contribution in [1.29, 1.82) is 0 Å². The number of hydrogen-bond donors (Lipinski definition) is 1. The second kappa shape index (κ2) is 7.38. The molecule has 0 saturated heterocycles. The lowest BCUT2D eigenvalue weighted by Crippen LogP contribution is -2.30. The number of oxime groups is 1. The molecule has 1 atom stereocenters. The average Bonchev–Trinajstić information content (AvgIpc) is 3.29. The molecule has 1 aliphatic heterocycles. The summed E-state index contributed by atoms with van der Waals surface area (Å²) in [6.45, 7) is 1.74. The van der Waals surface area contributed by atoms with Crippen LogP contribution in [0.25, 0.3) is 5.69 Å². The highest BCUT2D eigenvalue weighted by Crippen LogP contribution is 2.21. The van der Waals surface area contributed by atoms with Crippen molar-refractivity contribution in [3.63, 3.8) is 0 Å². The Morgan fingerprint density at radius 1 is 1.17 bits per heavy atom. The van der Waals surface area contributed by atoms with Gasteiger partial charge in [-0.15, -0.1) is 0 Å². The van der Waals surface area contributed by atoms with E-state index in [0.717, 1.165) is 0 Å². The fourth-order valence-corrected chi connectivity index (χ4v) is 3.29. The number of para-hydroxylation sites is 1. The van der Waals surface area contributed by atoms with Crippen molar-refractivity contribution in [3.05, 3.63) is 82.0 Å². The van der Waals surface area contributed by atoms with Crippen LogP contribution in [-0.2, 0) is 16.7 Å². The van der Waals surface area contributed by atoms with Crippen molar-refractivity contribution in [2.45, 2.75) is 19.4 Å². The van der Waals surface area contributed by atoms with E-state index in [1.807, 2.05) is 18.2 Å². The quantitative estimate of drug-likeness (QED) is 0.739. The van der Waals surface area contributed by atoms with Gasteiger partial charge < -0.3 is 10.2 Å². The number of anilines is 1. The number of aromatic nitrogens is 2. The van der Waals surface area contributed by atoms with Crippen LogP contribution in [-0.4, -0.2) is 27.1 Å². The maximum Gasteiger partial charge on any atom is 0.295 e. The zero-order valence-electron chi connectivity index (χ0n) is 15.9. The van der Waals surface area contributed by atoms with Gasteiger partial charge >= 0.3 is 0 Å². The summed E-state index contributed by atoms with van der Waals surface area (Å²) in [5.41, 5.74) is 1.76. The largest absolute Gasteiger partial charge is 0.382 e. The Kier molecular flexibility index (Phi) is 4.75. The Bertz CT molecular complexity index is 1160. The lowest BCUT2D eigenvalue weighted by molar-refractivity contribution is -0.125. The molecule has 0 aliphatic carbocycles. The van der Waals surface area contributed by atoms with E-state index in [4.69, 9.17) is 4.84 Å². The molecule has 1 aromatic heterocycles. The van der Waals surface area contributed by atoms with Crippen molar-refractivity contribution < 1.29 is 14.0 Å². The van der Waals surface area contributed by atoms with E-state index in [-0.39, 0.29) is 17.7 Å². The molecule has 0 bridgehead atoms. The minimum absolute atomic E-state index is 0.117. The molecule has 0 fully saturated rings. The number of amides is 1. The normalized spacial score (nSPS) is 15.7. The molecule has 1 aliphatic rings. The Labute approximate surface area is 166 Å². The summed E-state index contributed by atoms with van der Waals surface area (Å²) < 4.78 is 17.1. The third kappa shape index (κ3) is 3.33. The maximum atomic E-state index is 13.9. The van der Waals surface area contributed by atoms with E-state index in [2.05, 4.69) is 10.5 Å². The molecule has 8 heteroatoms. The second-order valence-corrected chi connectivity index (χ2v) is 6.74. The zero-order valence-corrected chi connectivity index (χ0v) is 15.9. The van der Waals surface area contributed by atoms with E-state index in [1.165, 1.54) is 10.7 Å². The summed E-state index contributed by atoms with van der Waals surface area (Å²) in [4.78, 5) is 30.8. The number of nitrogens with one attached hydrogen (secondary N) is 1. The van der Waals surface area contributed by atoms with Gasteiger partial charge in [-0.05, 0) is 25.1 Å². The molecule has 0 unspecified atom stereocenters. The Hall–Kier alpha value is -3.68. The highest BCUT2D eigenvalue weighted by molar-refractivity contribution is 6.06. The Balaban J connectivity index is 1.55. The third-order valence-corrected chi connectivity index (χ3v) is 4.95. The van der Waals surface area contributed by atoms with Crippen molar-refractivity contribution in [2.24, 2.45) is 12.2 Å². The van der Waals surface area contributed by atoms with Crippen LogP contribution in [0.3, 0.4) is 0 Å². The van der Waals surface area contributed by atoms with Gasteiger partial charge in [-0.1, -0.05) is 41.6 Å². The number of carbonyl (C=O) groups excluding carboxylic acids is 1. The SMILES string of the molecule is Cc1c(NC(=O)[C@@H]2CC(c3ccccc3F)=NO2)c(=O)n(-c2ccccc2)n1C. The molecule has 2 aromatic carbocycles. The predicted molar refractivity (Wildman–Crippen MR) is 107 cm³/mol. The summed E-state index contributed by atoms with van der Waals surface area (Å²) in [5.74, 6) is -0.938. The van der Waals surface area contributed by atoms with Gasteiger partial charge in [-0.3, -0.25) is 14.3 Å². The molecule has 4 rings (SSSR count). The first-order valence-electron chi connectivity index (χ1n) is 9.10. The molecule has 7 nitrogen and oxygen atoms in total. The lowest BCUT2D eigenvalue weighted by Gasteiger charge is -2.08. The smallest absolute Gasteiger partial charge is 0.295 e. The minimum Gasteiger partial charge on any atom is -0.382 e. The number of hydrogen-bond acceptors (Lipinski definition) is 4. The average molecular weight is 394 g/mol. The van der Waals surface area contributed by atoms with Crippen LogP contribution in [0, 0.1) is 12.7 Å². The number of halogens is 1. The van der Waals surface area contributed by atoms with Gasteiger partial charge in [0.2, 0.25) is 6.10 Å². The van der Waals surface area contributed by atoms with E-state index >= 15 is 0 Å². The van der Waals surface area contributed by atoms with Crippen LogP contribution in [0.5, 0.6) is 0 Å². The first-order valence-corrected chi connectivity index (χ1v) is 9.10. The van der Waals surface area contributed by atoms with Crippen LogP contribution in [0.2, 0.25) is 0 Å².